The zero-order valence-electron chi connectivity index (χ0n) is 50.0. The number of primary amides is 1. The number of rotatable bonds is 7. The summed E-state index contributed by atoms with van der Waals surface area (Å²) in [5.41, 5.74) is 32.0. The predicted octanol–water partition coefficient (Wildman–Crippen LogP) is 12.1. The van der Waals surface area contributed by atoms with Crippen molar-refractivity contribution in [3.05, 3.63) is 232 Å². The molecule has 0 aliphatic carbocycles. The van der Waals surface area contributed by atoms with Gasteiger partial charge in [-0.15, -0.1) is 0 Å². The van der Waals surface area contributed by atoms with Crippen LogP contribution < -0.4 is 37.6 Å². The molecular formula is C75H73F2N11O. The minimum Gasteiger partial charge on any atom is -0.367 e. The molecular weight excluding hydrogens is 1110 g/mol. The van der Waals surface area contributed by atoms with E-state index in [9.17, 15) is 14.4 Å². The number of carbonyl (C=O) groups excluding carboxylic acids is 1. The minimum absolute atomic E-state index is 0.00191. The SMILES string of the molecule is N#Cc1cc(-c2ccc3c(c2)cc2n3CCNCC2)cc(C(N)c2cccc(-c3ccc4c(c3)cc3n4CCNCC3)c2)c1F.NC(=O)c1cc(-c2ccc3c(c2)cc2n3CCNCC2)ccc1F.c1ccc(-c2ccc3c(c2)CC2CCNCCN32)cc1. The van der Waals surface area contributed by atoms with Gasteiger partial charge in [0, 0.05) is 158 Å². The molecule has 1 saturated heterocycles. The Morgan fingerprint density at radius 2 is 1.01 bits per heavy atom. The van der Waals surface area contributed by atoms with Crippen molar-refractivity contribution in [2.24, 2.45) is 11.5 Å². The topological polar surface area (TPSA) is 159 Å². The number of halogens is 2. The molecule has 1 amide bonds. The smallest absolute Gasteiger partial charge is 0.251 e. The van der Waals surface area contributed by atoms with Crippen molar-refractivity contribution in [1.29, 1.82) is 5.26 Å². The Hall–Kier alpha value is -9.20. The summed E-state index contributed by atoms with van der Waals surface area (Å²) in [6, 6.07) is 61.5. The minimum atomic E-state index is -0.751. The number of nitrogens with zero attached hydrogens (tertiary/aromatic N) is 5. The van der Waals surface area contributed by atoms with E-state index in [0.29, 0.717) is 11.6 Å². The number of hydrogen-bond acceptors (Lipinski definition) is 8. The van der Waals surface area contributed by atoms with E-state index in [1.165, 1.54) is 86.4 Å². The molecule has 8 heterocycles. The maximum absolute atomic E-state index is 15.8. The molecule has 0 saturated carbocycles. The largest absolute Gasteiger partial charge is 0.367 e. The fraction of sp³-hybridized carbons (Fsp3) is 0.253. The average Bonchev–Trinajstić information content (AvgIpc) is 1.99. The van der Waals surface area contributed by atoms with Crippen molar-refractivity contribution in [3.8, 4) is 50.6 Å². The number of fused-ring (bicyclic) bond motifs is 12. The van der Waals surface area contributed by atoms with Gasteiger partial charge in [0.25, 0.3) is 5.91 Å². The molecule has 14 heteroatoms. The number of hydrogen-bond donors (Lipinski definition) is 6. The summed E-state index contributed by atoms with van der Waals surface area (Å²) in [6.45, 7) is 12.1. The summed E-state index contributed by atoms with van der Waals surface area (Å²) in [5.74, 6) is -1.90. The number of benzene rings is 8. The van der Waals surface area contributed by atoms with Crippen molar-refractivity contribution in [1.82, 2.24) is 35.0 Å². The number of nitriles is 1. The van der Waals surface area contributed by atoms with Crippen LogP contribution in [0.25, 0.3) is 77.2 Å². The summed E-state index contributed by atoms with van der Waals surface area (Å²) in [4.78, 5) is 14.0. The van der Waals surface area contributed by atoms with E-state index in [1.54, 1.807) is 12.1 Å². The van der Waals surface area contributed by atoms with E-state index >= 15 is 4.39 Å². The van der Waals surface area contributed by atoms with E-state index in [0.717, 1.165) is 148 Å². The first kappa shape index (κ1) is 57.5. The standard InChI is InChI=1S/C38H35FN6.C19H18FN3O.C18H20N2/c39-37-31(23-40)19-28(26-5-7-36-30(18-26)21-33-9-11-43-13-15-45(33)36)22-34(37)38(41)27-3-1-2-24(16-27)25-4-6-35-29(17-25)20-32-8-10-42-12-14-44(32)35;20-17-3-1-13(11-16(17)19(21)24)12-2-4-18-14(9-12)10-15-5-6-22-7-8-23(15)18;1-2-4-14(5-3-1)15-6-7-18-16(12-15)13-17-8-9-19-10-11-20(17)18/h1-7,16-22,38,42-43H,8-15,41H2;1-4,9-11,22H,5-8H2,(H2,21,24);1-7,12,17,19H,8-11,13H2. The van der Waals surface area contributed by atoms with E-state index in [4.69, 9.17) is 11.5 Å². The quantitative estimate of drug-likeness (QED) is 0.0920. The zero-order valence-corrected chi connectivity index (χ0v) is 50.0. The second-order valence-corrected chi connectivity index (χ2v) is 24.2. The van der Waals surface area contributed by atoms with Crippen LogP contribution in [0.1, 0.15) is 62.2 Å². The van der Waals surface area contributed by atoms with Crippen molar-refractivity contribution in [2.45, 2.75) is 63.8 Å². The number of anilines is 1. The maximum atomic E-state index is 15.8. The van der Waals surface area contributed by atoms with Gasteiger partial charge in [-0.05, 0) is 172 Å². The highest BCUT2D eigenvalue weighted by molar-refractivity contribution is 5.95. The third-order valence-corrected chi connectivity index (χ3v) is 18.8. The second-order valence-electron chi connectivity index (χ2n) is 24.2. The van der Waals surface area contributed by atoms with Crippen LogP contribution in [-0.4, -0.2) is 84.6 Å². The van der Waals surface area contributed by atoms with E-state index in [1.807, 2.05) is 30.3 Å². The summed E-state index contributed by atoms with van der Waals surface area (Å²) in [5, 5.41) is 27.3. The number of carbonyl (C=O) groups is 1. The fourth-order valence-electron chi connectivity index (χ4n) is 14.2. The zero-order chi connectivity index (χ0) is 60.5. The van der Waals surface area contributed by atoms with Gasteiger partial charge in [-0.2, -0.15) is 5.26 Å². The lowest BCUT2D eigenvalue weighted by Crippen LogP contribution is -2.32. The van der Waals surface area contributed by atoms with E-state index in [-0.39, 0.29) is 11.1 Å². The monoisotopic (exact) mass is 1180 g/mol. The van der Waals surface area contributed by atoms with Crippen molar-refractivity contribution in [2.75, 3.05) is 63.8 Å². The molecule has 8 N–H and O–H groups in total. The van der Waals surface area contributed by atoms with Crippen LogP contribution in [-0.2, 0) is 45.3 Å². The van der Waals surface area contributed by atoms with Gasteiger partial charge in [-0.1, -0.05) is 78.9 Å². The van der Waals surface area contributed by atoms with Crippen molar-refractivity contribution in [3.63, 3.8) is 0 Å². The lowest BCUT2D eigenvalue weighted by atomic mass is 9.91. The normalized spacial score (nSPS) is 16.6. The highest BCUT2D eigenvalue weighted by Crippen LogP contribution is 2.39. The van der Waals surface area contributed by atoms with Gasteiger partial charge in [0.05, 0.1) is 17.2 Å². The van der Waals surface area contributed by atoms with Crippen LogP contribution in [0.2, 0.25) is 0 Å². The first-order valence-corrected chi connectivity index (χ1v) is 31.5. The molecule has 12 nitrogen and oxygen atoms in total. The number of aromatic nitrogens is 3. The van der Waals surface area contributed by atoms with Crippen LogP contribution in [0, 0.1) is 23.0 Å². The van der Waals surface area contributed by atoms with Gasteiger partial charge < -0.3 is 51.3 Å². The number of nitrogens with two attached hydrogens (primary N) is 2. The predicted molar refractivity (Wildman–Crippen MR) is 355 cm³/mol. The van der Waals surface area contributed by atoms with Gasteiger partial charge in [-0.3, -0.25) is 4.79 Å². The number of nitrogens with one attached hydrogen (secondary N) is 4. The van der Waals surface area contributed by atoms with E-state index < -0.39 is 23.6 Å². The molecule has 0 bridgehead atoms. The van der Waals surface area contributed by atoms with E-state index in [2.05, 4.69) is 167 Å². The molecule has 2 unspecified atom stereocenters. The Morgan fingerprint density at radius 3 is 1.60 bits per heavy atom. The van der Waals surface area contributed by atoms with Crippen LogP contribution in [0.5, 0.6) is 0 Å². The van der Waals surface area contributed by atoms with Gasteiger partial charge in [-0.25, -0.2) is 8.78 Å². The summed E-state index contributed by atoms with van der Waals surface area (Å²) in [7, 11) is 0. The molecule has 89 heavy (non-hydrogen) atoms. The van der Waals surface area contributed by atoms with Crippen LogP contribution >= 0.6 is 0 Å². The molecule has 448 valence electrons. The Bertz CT molecular complexity index is 4520. The third kappa shape index (κ3) is 11.6. The summed E-state index contributed by atoms with van der Waals surface area (Å²) < 4.78 is 36.6. The Labute approximate surface area is 517 Å². The average molecular weight is 1180 g/mol. The van der Waals surface area contributed by atoms with Crippen LogP contribution in [0.4, 0.5) is 14.5 Å². The first-order valence-electron chi connectivity index (χ1n) is 31.5. The van der Waals surface area contributed by atoms with Crippen molar-refractivity contribution >= 4 is 44.3 Å². The highest BCUT2D eigenvalue weighted by Gasteiger charge is 2.30. The molecule has 8 aromatic carbocycles. The molecule has 1 fully saturated rings. The molecule has 5 aliphatic heterocycles. The van der Waals surface area contributed by atoms with Crippen LogP contribution in [0.15, 0.2) is 176 Å². The lowest BCUT2D eigenvalue weighted by molar-refractivity contribution is 0.0996. The highest BCUT2D eigenvalue weighted by atomic mass is 19.1. The molecule has 0 radical (unpaired) electrons. The summed E-state index contributed by atoms with van der Waals surface area (Å²) in [6.07, 6.45) is 5.47. The van der Waals surface area contributed by atoms with Gasteiger partial charge in [0.2, 0.25) is 0 Å². The molecule has 0 spiro atoms. The first-order chi connectivity index (χ1) is 43.6. The Morgan fingerprint density at radius 1 is 0.506 bits per heavy atom. The number of amides is 1. The molecule has 11 aromatic rings. The second kappa shape index (κ2) is 25.1. The Balaban J connectivity index is 0.000000131. The van der Waals surface area contributed by atoms with Gasteiger partial charge in [0.15, 0.2) is 0 Å². The molecule has 2 atom stereocenters. The Kier molecular flexibility index (Phi) is 16.2. The van der Waals surface area contributed by atoms with Gasteiger partial charge in [0.1, 0.15) is 17.7 Å². The lowest BCUT2D eigenvalue weighted by Gasteiger charge is -2.24. The van der Waals surface area contributed by atoms with Crippen LogP contribution in [0.3, 0.4) is 0 Å². The van der Waals surface area contributed by atoms with Gasteiger partial charge >= 0.3 is 0 Å². The molecule has 16 rings (SSSR count). The summed E-state index contributed by atoms with van der Waals surface area (Å²) >= 11 is 0. The fourth-order valence-corrected chi connectivity index (χ4v) is 14.2. The maximum Gasteiger partial charge on any atom is 0.251 e. The molecule has 3 aromatic heterocycles. The molecule has 5 aliphatic rings. The third-order valence-electron chi connectivity index (χ3n) is 18.8. The van der Waals surface area contributed by atoms with Crippen molar-refractivity contribution < 1.29 is 13.6 Å².